The fraction of sp³-hybridized carbons (Fsp3) is 0.429. The number of hydrogen-bond donors (Lipinski definition) is 4. The van der Waals surface area contributed by atoms with Gasteiger partial charge in [0.2, 0.25) is 0 Å². The number of ether oxygens (including phenoxy) is 1. The largest absolute Gasteiger partial charge is 0.396 e. The zero-order valence-electron chi connectivity index (χ0n) is 15.7. The van der Waals surface area contributed by atoms with Crippen LogP contribution in [0, 0.1) is 0 Å². The van der Waals surface area contributed by atoms with Gasteiger partial charge in [0, 0.05) is 13.7 Å². The Balaban J connectivity index is 0.000000597. The summed E-state index contributed by atoms with van der Waals surface area (Å²) in [5.74, 6) is -1.50. The van der Waals surface area contributed by atoms with Crippen molar-refractivity contribution in [3.05, 3.63) is 71.8 Å². The Morgan fingerprint density at radius 2 is 1.23 bits per heavy atom. The average Bonchev–Trinajstić information content (AvgIpc) is 2.62. The van der Waals surface area contributed by atoms with E-state index in [4.69, 9.17) is 20.1 Å². The van der Waals surface area contributed by atoms with E-state index in [9.17, 15) is 5.11 Å². The molecule has 1 atom stereocenters. The molecule has 0 amide bonds. The van der Waals surface area contributed by atoms with Crippen molar-refractivity contribution in [2.75, 3.05) is 13.7 Å². The van der Waals surface area contributed by atoms with Gasteiger partial charge in [-0.2, -0.15) is 0 Å². The van der Waals surface area contributed by atoms with E-state index in [0.717, 1.165) is 11.1 Å². The molecule has 5 nitrogen and oxygen atoms in total. The van der Waals surface area contributed by atoms with E-state index in [2.05, 4.69) is 0 Å². The fourth-order valence-electron chi connectivity index (χ4n) is 2.70. The molecule has 26 heavy (non-hydrogen) atoms. The van der Waals surface area contributed by atoms with Crippen molar-refractivity contribution in [3.63, 3.8) is 0 Å². The molecule has 0 heterocycles. The Morgan fingerprint density at radius 1 is 0.846 bits per heavy atom. The molecule has 2 aromatic carbocycles. The first kappa shape index (κ1) is 22.3. The van der Waals surface area contributed by atoms with E-state index in [0.29, 0.717) is 12.8 Å². The van der Waals surface area contributed by atoms with Crippen LogP contribution in [0.15, 0.2) is 60.7 Å². The van der Waals surface area contributed by atoms with Crippen molar-refractivity contribution in [3.8, 4) is 0 Å². The van der Waals surface area contributed by atoms with E-state index in [1.807, 2.05) is 60.7 Å². The molecule has 0 saturated heterocycles. The fourth-order valence-corrected chi connectivity index (χ4v) is 2.70. The summed E-state index contributed by atoms with van der Waals surface area (Å²) in [5.41, 5.74) is 0.355. The van der Waals surface area contributed by atoms with E-state index in [-0.39, 0.29) is 6.61 Å². The van der Waals surface area contributed by atoms with Crippen molar-refractivity contribution in [2.24, 2.45) is 0 Å². The molecular weight excluding hydrogens is 332 g/mol. The van der Waals surface area contributed by atoms with Crippen LogP contribution in [-0.4, -0.2) is 46.0 Å². The second-order valence-corrected chi connectivity index (χ2v) is 6.58. The van der Waals surface area contributed by atoms with Gasteiger partial charge in [-0.1, -0.05) is 60.7 Å². The van der Waals surface area contributed by atoms with Crippen molar-refractivity contribution in [1.82, 2.24) is 0 Å². The summed E-state index contributed by atoms with van der Waals surface area (Å²) in [4.78, 5) is 0. The van der Waals surface area contributed by atoms with Crippen LogP contribution in [0.25, 0.3) is 0 Å². The standard InChI is InChI=1S/C18H22O3.C3H8O2/c1-21-17(13-8-14-19)18(20,15-9-4-2-5-10-15)16-11-6-3-7-12-16;1-3(2,4)5/h2-7,9-12,17,19-20H,8,13-14H2,1H3;4-5H,1-2H3. The molecule has 0 saturated carbocycles. The highest BCUT2D eigenvalue weighted by Gasteiger charge is 2.40. The maximum atomic E-state index is 11.4. The van der Waals surface area contributed by atoms with Gasteiger partial charge in [-0.3, -0.25) is 0 Å². The van der Waals surface area contributed by atoms with Crippen LogP contribution < -0.4 is 0 Å². The summed E-state index contributed by atoms with van der Waals surface area (Å²) in [6, 6.07) is 19.1. The zero-order chi connectivity index (χ0) is 19.6. The van der Waals surface area contributed by atoms with Crippen molar-refractivity contribution in [2.45, 2.75) is 44.2 Å². The third-order valence-electron chi connectivity index (χ3n) is 3.80. The molecule has 0 fully saturated rings. The van der Waals surface area contributed by atoms with Crippen LogP contribution in [-0.2, 0) is 10.3 Å². The van der Waals surface area contributed by atoms with E-state index < -0.39 is 17.5 Å². The topological polar surface area (TPSA) is 90.2 Å². The minimum absolute atomic E-state index is 0.0829. The lowest BCUT2D eigenvalue weighted by molar-refractivity contribution is -0.127. The first-order valence-electron chi connectivity index (χ1n) is 8.65. The predicted octanol–water partition coefficient (Wildman–Crippen LogP) is 2.42. The highest BCUT2D eigenvalue weighted by Crippen LogP contribution is 2.36. The molecule has 0 radical (unpaired) electrons. The second-order valence-electron chi connectivity index (χ2n) is 6.58. The third-order valence-corrected chi connectivity index (χ3v) is 3.80. The second kappa shape index (κ2) is 10.4. The lowest BCUT2D eigenvalue weighted by Gasteiger charge is -2.36. The van der Waals surface area contributed by atoms with Gasteiger partial charge >= 0.3 is 0 Å². The smallest absolute Gasteiger partial charge is 0.156 e. The number of methoxy groups -OCH3 is 1. The minimum Gasteiger partial charge on any atom is -0.396 e. The average molecular weight is 362 g/mol. The number of aliphatic hydroxyl groups excluding tert-OH is 1. The highest BCUT2D eigenvalue weighted by atomic mass is 16.5. The lowest BCUT2D eigenvalue weighted by Crippen LogP contribution is -2.42. The molecule has 0 aliphatic rings. The van der Waals surface area contributed by atoms with Crippen LogP contribution in [0.2, 0.25) is 0 Å². The van der Waals surface area contributed by atoms with Gasteiger partial charge in [0.25, 0.3) is 0 Å². The first-order chi connectivity index (χ1) is 12.2. The van der Waals surface area contributed by atoms with Gasteiger partial charge in [-0.05, 0) is 37.8 Å². The van der Waals surface area contributed by atoms with E-state index in [1.54, 1.807) is 7.11 Å². The van der Waals surface area contributed by atoms with E-state index in [1.165, 1.54) is 13.8 Å². The molecule has 4 N–H and O–H groups in total. The SMILES string of the molecule is CC(C)(O)O.COC(CCCO)C(O)(c1ccccc1)c1ccccc1. The van der Waals surface area contributed by atoms with Gasteiger partial charge < -0.3 is 25.2 Å². The summed E-state index contributed by atoms with van der Waals surface area (Å²) in [7, 11) is 1.60. The maximum Gasteiger partial charge on any atom is 0.156 e. The highest BCUT2D eigenvalue weighted by molar-refractivity contribution is 5.37. The van der Waals surface area contributed by atoms with Gasteiger partial charge in [0.15, 0.2) is 5.79 Å². The predicted molar refractivity (Wildman–Crippen MR) is 102 cm³/mol. The molecule has 0 aliphatic carbocycles. The normalized spacial score (nSPS) is 12.9. The minimum atomic E-state index is -1.50. The summed E-state index contributed by atoms with van der Waals surface area (Å²) < 4.78 is 5.57. The zero-order valence-corrected chi connectivity index (χ0v) is 15.7. The maximum absolute atomic E-state index is 11.4. The molecular formula is C21H30O5. The molecule has 0 aliphatic heterocycles. The third kappa shape index (κ3) is 6.86. The van der Waals surface area contributed by atoms with Gasteiger partial charge in [0.05, 0.1) is 6.10 Å². The Bertz CT molecular complexity index is 562. The number of rotatable bonds is 7. The van der Waals surface area contributed by atoms with Crippen molar-refractivity contribution >= 4 is 0 Å². The van der Waals surface area contributed by atoms with Gasteiger partial charge in [-0.15, -0.1) is 0 Å². The Hall–Kier alpha value is -1.76. The summed E-state index contributed by atoms with van der Waals surface area (Å²) in [5, 5.41) is 36.7. The van der Waals surface area contributed by atoms with Crippen LogP contribution in [0.4, 0.5) is 0 Å². The Labute approximate surface area is 155 Å². The van der Waals surface area contributed by atoms with Crippen molar-refractivity contribution < 1.29 is 25.2 Å². The van der Waals surface area contributed by atoms with Crippen LogP contribution in [0.3, 0.4) is 0 Å². The van der Waals surface area contributed by atoms with Crippen LogP contribution in [0.1, 0.15) is 37.8 Å². The summed E-state index contributed by atoms with van der Waals surface area (Å²) in [6.07, 6.45) is 0.739. The number of hydrogen-bond acceptors (Lipinski definition) is 5. The van der Waals surface area contributed by atoms with Gasteiger partial charge in [-0.25, -0.2) is 0 Å². The molecule has 0 bridgehead atoms. The molecule has 2 aromatic rings. The quantitative estimate of drug-likeness (QED) is 0.568. The molecule has 0 aromatic heterocycles. The molecule has 2 rings (SSSR count). The number of benzene rings is 2. The molecule has 5 heteroatoms. The molecule has 144 valence electrons. The number of aliphatic hydroxyl groups is 4. The lowest BCUT2D eigenvalue weighted by atomic mass is 9.80. The van der Waals surface area contributed by atoms with Gasteiger partial charge in [0.1, 0.15) is 5.60 Å². The summed E-state index contributed by atoms with van der Waals surface area (Å²) >= 11 is 0. The van der Waals surface area contributed by atoms with Crippen LogP contribution in [0.5, 0.6) is 0 Å². The van der Waals surface area contributed by atoms with E-state index >= 15 is 0 Å². The monoisotopic (exact) mass is 362 g/mol. The Kier molecular flexibility index (Phi) is 8.92. The molecule has 0 spiro atoms. The first-order valence-corrected chi connectivity index (χ1v) is 8.65. The summed E-state index contributed by atoms with van der Waals surface area (Å²) in [6.45, 7) is 2.68. The molecule has 1 unspecified atom stereocenters. The van der Waals surface area contributed by atoms with Crippen molar-refractivity contribution in [1.29, 1.82) is 0 Å². The van der Waals surface area contributed by atoms with Crippen LogP contribution >= 0.6 is 0 Å². The Morgan fingerprint density at radius 3 is 1.54 bits per heavy atom.